The van der Waals surface area contributed by atoms with Crippen molar-refractivity contribution in [3.05, 3.63) is 33.2 Å². The van der Waals surface area contributed by atoms with Crippen LogP contribution in [-0.2, 0) is 0 Å². The third-order valence-electron chi connectivity index (χ3n) is 1.68. The fraction of sp³-hybridized carbons (Fsp3) is 0.111. The van der Waals surface area contributed by atoms with Crippen LogP contribution in [0.2, 0.25) is 0 Å². The number of rotatable bonds is 1. The van der Waals surface area contributed by atoms with Gasteiger partial charge in [0.25, 0.3) is 0 Å². The maximum absolute atomic E-state index is 5.01. The lowest BCUT2D eigenvalue weighted by Crippen LogP contribution is -1.85. The van der Waals surface area contributed by atoms with E-state index in [-0.39, 0.29) is 0 Å². The largest absolute Gasteiger partial charge is 0.331 e. The molecule has 4 heteroatoms. The van der Waals surface area contributed by atoms with Crippen molar-refractivity contribution in [1.29, 1.82) is 0 Å². The lowest BCUT2D eigenvalue weighted by atomic mass is 10.3. The third-order valence-corrected chi connectivity index (χ3v) is 2.77. The molecule has 0 aromatic carbocycles. The summed E-state index contributed by atoms with van der Waals surface area (Å²) < 4.78 is 0.717. The Bertz CT molecular complexity index is 470. The molecule has 2 nitrogen and oxygen atoms in total. The number of hydrogen-bond donors (Lipinski definition) is 1. The van der Waals surface area contributed by atoms with E-state index in [1.165, 1.54) is 4.88 Å². The molecule has 13 heavy (non-hydrogen) atoms. The molecule has 0 aliphatic carbocycles. The maximum atomic E-state index is 5.01. The summed E-state index contributed by atoms with van der Waals surface area (Å²) in [5.41, 5.74) is 1.11. The molecule has 2 rings (SSSR count). The summed E-state index contributed by atoms with van der Waals surface area (Å²) in [4.78, 5) is 8.53. The zero-order valence-electron chi connectivity index (χ0n) is 7.07. The van der Waals surface area contributed by atoms with Crippen LogP contribution in [0.4, 0.5) is 0 Å². The van der Waals surface area contributed by atoms with Gasteiger partial charge in [-0.3, -0.25) is 0 Å². The van der Waals surface area contributed by atoms with Crippen LogP contribution in [0.25, 0.3) is 11.4 Å². The summed E-state index contributed by atoms with van der Waals surface area (Å²) in [6, 6.07) is 3.87. The van der Waals surface area contributed by atoms with E-state index in [9.17, 15) is 0 Å². The molecule has 0 bridgehead atoms. The zero-order chi connectivity index (χ0) is 9.26. The van der Waals surface area contributed by atoms with Crippen molar-refractivity contribution in [1.82, 2.24) is 9.97 Å². The minimum Gasteiger partial charge on any atom is -0.331 e. The second-order valence-electron chi connectivity index (χ2n) is 2.73. The Hall–Kier alpha value is -1.000. The van der Waals surface area contributed by atoms with Gasteiger partial charge >= 0.3 is 0 Å². The molecule has 2 aromatic rings. The molecule has 0 radical (unpaired) electrons. The number of H-pyrrole nitrogens is 1. The standard InChI is InChI=1S/C9H8N2S2/c1-6-4-7(5-13-6)9-10-3-2-8(12)11-9/h2-5H,1H3,(H,10,11,12). The number of aromatic nitrogens is 2. The lowest BCUT2D eigenvalue weighted by molar-refractivity contribution is 1.16. The van der Waals surface area contributed by atoms with Crippen molar-refractivity contribution in [3.63, 3.8) is 0 Å². The van der Waals surface area contributed by atoms with Gasteiger partial charge in [-0.15, -0.1) is 11.3 Å². The average Bonchev–Trinajstić information content (AvgIpc) is 2.52. The lowest BCUT2D eigenvalue weighted by Gasteiger charge is -1.94. The van der Waals surface area contributed by atoms with Crippen molar-refractivity contribution in [2.75, 3.05) is 0 Å². The Labute approximate surface area is 85.3 Å². The number of nitrogens with zero attached hydrogens (tertiary/aromatic N) is 1. The zero-order valence-corrected chi connectivity index (χ0v) is 8.71. The van der Waals surface area contributed by atoms with Crippen LogP contribution in [-0.4, -0.2) is 9.97 Å². The molecule has 0 saturated heterocycles. The van der Waals surface area contributed by atoms with Crippen molar-refractivity contribution in [2.45, 2.75) is 6.92 Å². The van der Waals surface area contributed by atoms with Gasteiger partial charge in [0.15, 0.2) is 0 Å². The predicted octanol–water partition coefficient (Wildman–Crippen LogP) is 3.18. The van der Waals surface area contributed by atoms with E-state index >= 15 is 0 Å². The Morgan fingerprint density at radius 3 is 3.00 bits per heavy atom. The highest BCUT2D eigenvalue weighted by Gasteiger charge is 2.00. The van der Waals surface area contributed by atoms with E-state index < -0.39 is 0 Å². The summed E-state index contributed by atoms with van der Waals surface area (Å²) in [6.45, 7) is 2.08. The Kier molecular flexibility index (Phi) is 2.24. The highest BCUT2D eigenvalue weighted by molar-refractivity contribution is 7.71. The Morgan fingerprint density at radius 2 is 2.38 bits per heavy atom. The van der Waals surface area contributed by atoms with Crippen LogP contribution in [0.1, 0.15) is 4.88 Å². The van der Waals surface area contributed by atoms with Crippen LogP contribution >= 0.6 is 23.6 Å². The van der Waals surface area contributed by atoms with Gasteiger partial charge in [-0.05, 0) is 19.1 Å². The SMILES string of the molecule is Cc1cc(-c2nccc(=S)[nH]2)cs1. The predicted molar refractivity (Wildman–Crippen MR) is 57.5 cm³/mol. The summed E-state index contributed by atoms with van der Waals surface area (Å²) in [6.07, 6.45) is 1.72. The summed E-state index contributed by atoms with van der Waals surface area (Å²) in [5.74, 6) is 0.844. The highest BCUT2D eigenvalue weighted by atomic mass is 32.1. The first-order chi connectivity index (χ1) is 6.25. The monoisotopic (exact) mass is 208 g/mol. The van der Waals surface area contributed by atoms with Crippen LogP contribution in [0.3, 0.4) is 0 Å². The molecule has 0 saturated carbocycles. The fourth-order valence-electron chi connectivity index (χ4n) is 1.08. The van der Waals surface area contributed by atoms with Gasteiger partial charge in [0.2, 0.25) is 0 Å². The van der Waals surface area contributed by atoms with Crippen LogP contribution in [0, 0.1) is 11.6 Å². The average molecular weight is 208 g/mol. The molecule has 66 valence electrons. The smallest absolute Gasteiger partial charge is 0.139 e. The Balaban J connectivity index is 2.52. The summed E-state index contributed by atoms with van der Waals surface area (Å²) in [5, 5.41) is 2.07. The van der Waals surface area contributed by atoms with Gasteiger partial charge in [0.1, 0.15) is 10.5 Å². The molecular weight excluding hydrogens is 200 g/mol. The van der Waals surface area contributed by atoms with E-state index in [1.54, 1.807) is 23.6 Å². The van der Waals surface area contributed by atoms with Gasteiger partial charge in [-0.1, -0.05) is 12.2 Å². The van der Waals surface area contributed by atoms with Gasteiger partial charge < -0.3 is 4.98 Å². The molecule has 0 atom stereocenters. The van der Waals surface area contributed by atoms with Crippen molar-refractivity contribution in [2.24, 2.45) is 0 Å². The van der Waals surface area contributed by atoms with Crippen LogP contribution in [0.15, 0.2) is 23.7 Å². The number of hydrogen-bond acceptors (Lipinski definition) is 3. The maximum Gasteiger partial charge on any atom is 0.139 e. The molecule has 0 fully saturated rings. The van der Waals surface area contributed by atoms with Crippen LogP contribution in [0.5, 0.6) is 0 Å². The first-order valence-corrected chi connectivity index (χ1v) is 5.15. The molecule has 2 heterocycles. The molecule has 0 aliphatic heterocycles. The molecule has 1 N–H and O–H groups in total. The molecular formula is C9H8N2S2. The quantitative estimate of drug-likeness (QED) is 0.729. The normalized spacial score (nSPS) is 10.2. The van der Waals surface area contributed by atoms with Gasteiger partial charge in [-0.25, -0.2) is 4.98 Å². The fourth-order valence-corrected chi connectivity index (χ4v) is 1.93. The van der Waals surface area contributed by atoms with Crippen molar-refractivity contribution >= 4 is 23.6 Å². The second-order valence-corrected chi connectivity index (χ2v) is 4.28. The third kappa shape index (κ3) is 1.84. The first-order valence-electron chi connectivity index (χ1n) is 3.86. The van der Waals surface area contributed by atoms with Gasteiger partial charge in [0, 0.05) is 22.0 Å². The van der Waals surface area contributed by atoms with E-state index in [0.29, 0.717) is 4.64 Å². The minimum absolute atomic E-state index is 0.717. The molecule has 0 unspecified atom stereocenters. The molecule has 0 amide bonds. The highest BCUT2D eigenvalue weighted by Crippen LogP contribution is 2.21. The van der Waals surface area contributed by atoms with Crippen molar-refractivity contribution in [3.8, 4) is 11.4 Å². The number of aryl methyl sites for hydroxylation is 1. The number of nitrogens with one attached hydrogen (secondary N) is 1. The Morgan fingerprint density at radius 1 is 1.54 bits per heavy atom. The molecule has 0 spiro atoms. The van der Waals surface area contributed by atoms with E-state index in [0.717, 1.165) is 11.4 Å². The van der Waals surface area contributed by atoms with E-state index in [2.05, 4.69) is 28.3 Å². The number of aromatic amines is 1. The molecule has 0 aliphatic rings. The van der Waals surface area contributed by atoms with Gasteiger partial charge in [-0.2, -0.15) is 0 Å². The summed E-state index contributed by atoms with van der Waals surface area (Å²) in [7, 11) is 0. The topological polar surface area (TPSA) is 28.7 Å². The van der Waals surface area contributed by atoms with Gasteiger partial charge in [0.05, 0.1) is 0 Å². The van der Waals surface area contributed by atoms with Crippen molar-refractivity contribution < 1.29 is 0 Å². The van der Waals surface area contributed by atoms with Crippen LogP contribution < -0.4 is 0 Å². The minimum atomic E-state index is 0.717. The molecule has 2 aromatic heterocycles. The summed E-state index contributed by atoms with van der Waals surface area (Å²) >= 11 is 6.73. The van der Waals surface area contributed by atoms with E-state index in [4.69, 9.17) is 12.2 Å². The van der Waals surface area contributed by atoms with E-state index in [1.807, 2.05) is 0 Å². The second kappa shape index (κ2) is 3.40. The first kappa shape index (κ1) is 8.59. The number of thiophene rings is 1.